The third kappa shape index (κ3) is 3.68. The number of ether oxygens (including phenoxy) is 1. The summed E-state index contributed by atoms with van der Waals surface area (Å²) in [6.45, 7) is 1.52. The van der Waals surface area contributed by atoms with Crippen LogP contribution in [0.15, 0.2) is 12.1 Å². The number of fused-ring (bicyclic) bond motifs is 2. The number of carbonyl (C=O) groups excluding carboxylic acids is 1. The second-order valence-electron chi connectivity index (χ2n) is 7.62. The molecule has 156 valence electrons. The van der Waals surface area contributed by atoms with Gasteiger partial charge in [-0.15, -0.1) is 0 Å². The van der Waals surface area contributed by atoms with Crippen LogP contribution in [0.25, 0.3) is 11.2 Å². The predicted molar refractivity (Wildman–Crippen MR) is 117 cm³/mol. The number of carbonyl (C=O) groups is 1. The Morgan fingerprint density at radius 3 is 2.97 bits per heavy atom. The summed E-state index contributed by atoms with van der Waals surface area (Å²) in [6, 6.07) is 4.17. The molecule has 0 saturated heterocycles. The molecule has 0 unspecified atom stereocenters. The smallest absolute Gasteiger partial charge is 0.312 e. The summed E-state index contributed by atoms with van der Waals surface area (Å²) in [7, 11) is 0. The van der Waals surface area contributed by atoms with E-state index in [0.717, 1.165) is 34.1 Å². The van der Waals surface area contributed by atoms with Crippen LogP contribution in [0.2, 0.25) is 0 Å². The Kier molecular flexibility index (Phi) is 4.95. The lowest BCUT2D eigenvalue weighted by Crippen LogP contribution is -2.29. The van der Waals surface area contributed by atoms with Gasteiger partial charge in [-0.05, 0) is 58.7 Å². The van der Waals surface area contributed by atoms with Gasteiger partial charge in [0.1, 0.15) is 11.6 Å². The summed E-state index contributed by atoms with van der Waals surface area (Å²) in [4.78, 5) is 24.1. The molecule has 5 rings (SSSR count). The summed E-state index contributed by atoms with van der Waals surface area (Å²) in [5.41, 5.74) is 8.87. The number of benzene rings is 1. The van der Waals surface area contributed by atoms with Crippen molar-refractivity contribution >= 4 is 45.5 Å². The van der Waals surface area contributed by atoms with Gasteiger partial charge in [-0.3, -0.25) is 4.79 Å². The number of rotatable bonds is 6. The van der Waals surface area contributed by atoms with Gasteiger partial charge in [0.2, 0.25) is 5.91 Å². The fourth-order valence-corrected chi connectivity index (χ4v) is 4.46. The van der Waals surface area contributed by atoms with Crippen LogP contribution in [-0.4, -0.2) is 38.6 Å². The van der Waals surface area contributed by atoms with Crippen LogP contribution in [-0.2, 0) is 24.2 Å². The highest BCUT2D eigenvalue weighted by Crippen LogP contribution is 2.31. The van der Waals surface area contributed by atoms with E-state index in [4.69, 9.17) is 10.5 Å². The summed E-state index contributed by atoms with van der Waals surface area (Å²) >= 11 is 2.31. The number of nitrogens with zero attached hydrogens (tertiary/aromatic N) is 4. The Hall–Kier alpha value is -2.50. The largest absolute Gasteiger partial charge is 0.493 e. The normalized spacial score (nSPS) is 15.3. The molecular weight excluding hydrogens is 502 g/mol. The quantitative estimate of drug-likeness (QED) is 0.380. The van der Waals surface area contributed by atoms with Crippen LogP contribution >= 0.6 is 22.6 Å². The van der Waals surface area contributed by atoms with Gasteiger partial charge >= 0.3 is 6.08 Å². The SMILES string of the molecule is Nc1nc(F)nc2c1nc(Cc1cc3c(cc1I)CCO3)n2CCNC(=O)C1CC1. The number of aromatic nitrogens is 4. The Balaban J connectivity index is 1.48. The van der Waals surface area contributed by atoms with Crippen molar-refractivity contribution in [3.63, 3.8) is 0 Å². The molecule has 0 spiro atoms. The molecule has 1 aliphatic heterocycles. The van der Waals surface area contributed by atoms with E-state index in [1.54, 1.807) is 0 Å². The highest BCUT2D eigenvalue weighted by Gasteiger charge is 2.29. The molecule has 8 nitrogen and oxygen atoms in total. The van der Waals surface area contributed by atoms with Gasteiger partial charge in [-0.25, -0.2) is 4.98 Å². The lowest BCUT2D eigenvalue weighted by Gasteiger charge is -2.12. The van der Waals surface area contributed by atoms with Gasteiger partial charge < -0.3 is 20.4 Å². The zero-order valence-corrected chi connectivity index (χ0v) is 18.3. The third-order valence-corrected chi connectivity index (χ3v) is 6.47. The maximum atomic E-state index is 13.9. The van der Waals surface area contributed by atoms with Gasteiger partial charge in [-0.1, -0.05) is 0 Å². The van der Waals surface area contributed by atoms with Gasteiger partial charge in [0.15, 0.2) is 17.0 Å². The highest BCUT2D eigenvalue weighted by molar-refractivity contribution is 14.1. The number of anilines is 1. The molecular formula is C20H20FIN6O2. The molecule has 3 heterocycles. The lowest BCUT2D eigenvalue weighted by atomic mass is 10.1. The number of amides is 1. The number of nitrogens with two attached hydrogens (primary N) is 1. The van der Waals surface area contributed by atoms with Crippen LogP contribution < -0.4 is 15.8 Å². The summed E-state index contributed by atoms with van der Waals surface area (Å²) < 4.78 is 22.5. The second kappa shape index (κ2) is 7.64. The van der Waals surface area contributed by atoms with Crippen LogP contribution in [0.3, 0.4) is 0 Å². The number of nitrogens with one attached hydrogen (secondary N) is 1. The van der Waals surface area contributed by atoms with Crippen molar-refractivity contribution in [3.8, 4) is 5.75 Å². The second-order valence-corrected chi connectivity index (χ2v) is 8.78. The van der Waals surface area contributed by atoms with E-state index in [1.807, 2.05) is 10.6 Å². The molecule has 0 radical (unpaired) electrons. The van der Waals surface area contributed by atoms with E-state index in [0.29, 0.717) is 43.1 Å². The van der Waals surface area contributed by atoms with Crippen molar-refractivity contribution < 1.29 is 13.9 Å². The van der Waals surface area contributed by atoms with E-state index in [9.17, 15) is 9.18 Å². The minimum atomic E-state index is -0.893. The lowest BCUT2D eigenvalue weighted by molar-refractivity contribution is -0.122. The van der Waals surface area contributed by atoms with Gasteiger partial charge in [0.25, 0.3) is 0 Å². The minimum absolute atomic E-state index is 0.00602. The van der Waals surface area contributed by atoms with Gasteiger partial charge in [0.05, 0.1) is 6.61 Å². The van der Waals surface area contributed by atoms with Crippen LogP contribution in [0.1, 0.15) is 29.8 Å². The first-order chi connectivity index (χ1) is 14.5. The summed E-state index contributed by atoms with van der Waals surface area (Å²) in [6.07, 6.45) is 2.41. The van der Waals surface area contributed by atoms with E-state index in [1.165, 1.54) is 5.56 Å². The molecule has 0 bridgehead atoms. The van der Waals surface area contributed by atoms with Crippen LogP contribution in [0.4, 0.5) is 10.2 Å². The predicted octanol–water partition coefficient (Wildman–Crippen LogP) is 2.20. The molecule has 0 atom stereocenters. The van der Waals surface area contributed by atoms with E-state index in [2.05, 4.69) is 48.9 Å². The fraction of sp³-hybridized carbons (Fsp3) is 0.400. The topological polar surface area (TPSA) is 108 Å². The Labute approximate surface area is 185 Å². The first kappa shape index (κ1) is 19.5. The maximum Gasteiger partial charge on any atom is 0.312 e. The van der Waals surface area contributed by atoms with Crippen LogP contribution in [0.5, 0.6) is 5.75 Å². The van der Waals surface area contributed by atoms with Crippen molar-refractivity contribution in [2.75, 3.05) is 18.9 Å². The molecule has 30 heavy (non-hydrogen) atoms. The Morgan fingerprint density at radius 2 is 2.17 bits per heavy atom. The molecule has 1 fully saturated rings. The molecule has 2 aromatic heterocycles. The molecule has 2 aliphatic rings. The van der Waals surface area contributed by atoms with Crippen LogP contribution in [0, 0.1) is 15.6 Å². The minimum Gasteiger partial charge on any atom is -0.493 e. The van der Waals surface area contributed by atoms with Gasteiger partial charge in [0, 0.05) is 35.4 Å². The summed E-state index contributed by atoms with van der Waals surface area (Å²) in [5, 5.41) is 2.94. The van der Waals surface area contributed by atoms with Crippen molar-refractivity contribution in [2.45, 2.75) is 32.2 Å². The number of imidazole rings is 1. The molecule has 1 saturated carbocycles. The first-order valence-electron chi connectivity index (χ1n) is 9.89. The number of nitrogen functional groups attached to an aromatic ring is 1. The number of hydrogen-bond donors (Lipinski definition) is 2. The van der Waals surface area contributed by atoms with Gasteiger partial charge in [-0.2, -0.15) is 14.4 Å². The average Bonchev–Trinajstić information content (AvgIpc) is 3.37. The number of hydrogen-bond acceptors (Lipinski definition) is 6. The molecule has 1 aromatic carbocycles. The highest BCUT2D eigenvalue weighted by atomic mass is 127. The molecule has 1 amide bonds. The summed E-state index contributed by atoms with van der Waals surface area (Å²) in [5.74, 6) is 1.79. The third-order valence-electron chi connectivity index (χ3n) is 5.46. The zero-order valence-electron chi connectivity index (χ0n) is 16.1. The monoisotopic (exact) mass is 522 g/mol. The zero-order chi connectivity index (χ0) is 20.8. The van der Waals surface area contributed by atoms with E-state index in [-0.39, 0.29) is 17.6 Å². The van der Waals surface area contributed by atoms with Crippen molar-refractivity contribution in [2.24, 2.45) is 5.92 Å². The van der Waals surface area contributed by atoms with Crippen molar-refractivity contribution in [1.29, 1.82) is 0 Å². The standard InChI is InChI=1S/C20H20FIN6O2/c21-20-26-17(23)16-18(27-20)28(5-4-24-19(29)10-1-2-10)15(25-16)9-12-8-14-11(3-6-30-14)7-13(12)22/h7-8,10H,1-6,9H2,(H,24,29)(H2,23,26,27). The Bertz CT molecular complexity index is 1160. The Morgan fingerprint density at radius 1 is 1.33 bits per heavy atom. The van der Waals surface area contributed by atoms with E-state index >= 15 is 0 Å². The molecule has 3 aromatic rings. The van der Waals surface area contributed by atoms with Crippen molar-refractivity contribution in [1.82, 2.24) is 24.8 Å². The first-order valence-corrected chi connectivity index (χ1v) is 11.0. The van der Waals surface area contributed by atoms with E-state index < -0.39 is 6.08 Å². The fourth-order valence-electron chi connectivity index (χ4n) is 3.73. The maximum absolute atomic E-state index is 13.9. The number of halogens is 2. The molecule has 1 aliphatic carbocycles. The average molecular weight is 522 g/mol. The van der Waals surface area contributed by atoms with Crippen molar-refractivity contribution in [3.05, 3.63) is 38.7 Å². The molecule has 3 N–H and O–H groups in total. The molecule has 10 heteroatoms.